The highest BCUT2D eigenvalue weighted by atomic mass is 32.2. The summed E-state index contributed by atoms with van der Waals surface area (Å²) >= 11 is 0. The highest BCUT2D eigenvalue weighted by molar-refractivity contribution is 7.89. The molecule has 1 N–H and O–H groups in total. The Morgan fingerprint density at radius 3 is 2.50 bits per heavy atom. The van der Waals surface area contributed by atoms with Gasteiger partial charge in [-0.15, -0.1) is 0 Å². The molecule has 6 nitrogen and oxygen atoms in total. The fourth-order valence-corrected chi connectivity index (χ4v) is 6.18. The summed E-state index contributed by atoms with van der Waals surface area (Å²) < 4.78 is 27.8. The maximum Gasteiger partial charge on any atom is 0.243 e. The van der Waals surface area contributed by atoms with E-state index in [0.717, 1.165) is 30.5 Å². The van der Waals surface area contributed by atoms with Crippen LogP contribution in [-0.4, -0.2) is 51.4 Å². The zero-order valence-corrected chi connectivity index (χ0v) is 19.8. The van der Waals surface area contributed by atoms with Crippen molar-refractivity contribution in [1.29, 1.82) is 0 Å². The van der Waals surface area contributed by atoms with Crippen LogP contribution in [0.1, 0.15) is 37.3 Å². The molecule has 7 heteroatoms. The molecular formula is C25H33N3O3S. The number of hydrogen-bond donors (Lipinski definition) is 1. The minimum atomic E-state index is -3.51. The minimum absolute atomic E-state index is 0.0212. The van der Waals surface area contributed by atoms with Crippen molar-refractivity contribution in [1.82, 2.24) is 9.62 Å². The van der Waals surface area contributed by atoms with Gasteiger partial charge in [-0.2, -0.15) is 4.31 Å². The summed E-state index contributed by atoms with van der Waals surface area (Å²) in [6.07, 6.45) is 4.20. The number of fused-ring (bicyclic) bond motifs is 1. The van der Waals surface area contributed by atoms with E-state index in [1.807, 2.05) is 37.4 Å². The molecule has 2 aromatic rings. The fraction of sp³-hybridized carbons (Fsp3) is 0.480. The van der Waals surface area contributed by atoms with Gasteiger partial charge < -0.3 is 10.2 Å². The predicted molar refractivity (Wildman–Crippen MR) is 127 cm³/mol. The van der Waals surface area contributed by atoms with Crippen LogP contribution in [0.4, 0.5) is 5.69 Å². The van der Waals surface area contributed by atoms with E-state index in [0.29, 0.717) is 37.4 Å². The van der Waals surface area contributed by atoms with Crippen molar-refractivity contribution in [3.8, 4) is 0 Å². The van der Waals surface area contributed by atoms with Gasteiger partial charge in [0.1, 0.15) is 0 Å². The first kappa shape index (κ1) is 22.8. The molecule has 4 rings (SSSR count). The molecule has 1 heterocycles. The lowest BCUT2D eigenvalue weighted by molar-refractivity contribution is -0.126. The van der Waals surface area contributed by atoms with Gasteiger partial charge >= 0.3 is 0 Å². The van der Waals surface area contributed by atoms with Crippen LogP contribution in [0.3, 0.4) is 0 Å². The minimum Gasteiger partial charge on any atom is -0.370 e. The number of amides is 1. The largest absolute Gasteiger partial charge is 0.370 e. The van der Waals surface area contributed by atoms with E-state index in [1.54, 1.807) is 10.4 Å². The number of nitrogens with one attached hydrogen (secondary N) is 1. The first-order valence-corrected chi connectivity index (χ1v) is 13.0. The highest BCUT2D eigenvalue weighted by Gasteiger charge is 2.32. The molecule has 2 aliphatic rings. The first-order valence-electron chi connectivity index (χ1n) is 11.5. The SMILES string of the molecule is C[C@@H](CNC(=O)C1CCN(S(=O)(=O)c2ccc3c(c2)CCC3)CC1)N(C)c1ccccc1. The maximum absolute atomic E-state index is 13.1. The van der Waals surface area contributed by atoms with Gasteiger partial charge in [0.25, 0.3) is 0 Å². The van der Waals surface area contributed by atoms with Gasteiger partial charge in [0.05, 0.1) is 4.90 Å². The fourth-order valence-electron chi connectivity index (χ4n) is 4.66. The number of para-hydroxylation sites is 1. The average Bonchev–Trinajstić information content (AvgIpc) is 3.30. The van der Waals surface area contributed by atoms with Crippen molar-refractivity contribution in [3.05, 3.63) is 59.7 Å². The molecule has 32 heavy (non-hydrogen) atoms. The van der Waals surface area contributed by atoms with Crippen LogP contribution < -0.4 is 10.2 Å². The van der Waals surface area contributed by atoms with Crippen LogP contribution in [0.15, 0.2) is 53.4 Å². The summed E-state index contributed by atoms with van der Waals surface area (Å²) in [6, 6.07) is 15.8. The summed E-state index contributed by atoms with van der Waals surface area (Å²) in [5, 5.41) is 3.07. The number of carbonyl (C=O) groups excluding carboxylic acids is 1. The molecule has 0 aromatic heterocycles. The first-order chi connectivity index (χ1) is 15.4. The number of piperidine rings is 1. The van der Waals surface area contributed by atoms with E-state index >= 15 is 0 Å². The molecule has 0 radical (unpaired) electrons. The third kappa shape index (κ3) is 4.84. The third-order valence-electron chi connectivity index (χ3n) is 6.93. The molecule has 1 amide bonds. The zero-order chi connectivity index (χ0) is 22.7. The van der Waals surface area contributed by atoms with Gasteiger partial charge in [0.2, 0.25) is 15.9 Å². The molecule has 0 unspecified atom stereocenters. The van der Waals surface area contributed by atoms with Gasteiger partial charge in [-0.05, 0) is 74.4 Å². The molecule has 2 aromatic carbocycles. The summed E-state index contributed by atoms with van der Waals surface area (Å²) in [5.41, 5.74) is 3.54. The van der Waals surface area contributed by atoms with Crippen LogP contribution in [-0.2, 0) is 27.7 Å². The van der Waals surface area contributed by atoms with Crippen LogP contribution in [0.5, 0.6) is 0 Å². The molecule has 0 bridgehead atoms. The second kappa shape index (κ2) is 9.63. The topological polar surface area (TPSA) is 69.7 Å². The Kier molecular flexibility index (Phi) is 6.86. The number of benzene rings is 2. The van der Waals surface area contributed by atoms with Gasteiger partial charge in [-0.3, -0.25) is 4.79 Å². The Labute approximate surface area is 191 Å². The lowest BCUT2D eigenvalue weighted by Crippen LogP contribution is -2.46. The molecule has 0 saturated carbocycles. The molecule has 1 saturated heterocycles. The van der Waals surface area contributed by atoms with Gasteiger partial charge in [-0.25, -0.2) is 8.42 Å². The van der Waals surface area contributed by atoms with Gasteiger partial charge in [0, 0.05) is 44.3 Å². The third-order valence-corrected chi connectivity index (χ3v) is 8.82. The van der Waals surface area contributed by atoms with E-state index in [1.165, 1.54) is 5.56 Å². The van der Waals surface area contributed by atoms with E-state index in [-0.39, 0.29) is 17.9 Å². The number of aryl methyl sites for hydroxylation is 2. The molecule has 1 aliphatic heterocycles. The number of hydrogen-bond acceptors (Lipinski definition) is 4. The summed E-state index contributed by atoms with van der Waals surface area (Å²) in [6.45, 7) is 3.41. The normalized spacial score (nSPS) is 18.2. The Morgan fingerprint density at radius 2 is 1.78 bits per heavy atom. The number of carbonyl (C=O) groups is 1. The van der Waals surface area contributed by atoms with Gasteiger partial charge in [-0.1, -0.05) is 24.3 Å². The summed E-state index contributed by atoms with van der Waals surface area (Å²) in [5.74, 6) is -0.122. The summed E-state index contributed by atoms with van der Waals surface area (Å²) in [4.78, 5) is 15.3. The van der Waals surface area contributed by atoms with E-state index < -0.39 is 10.0 Å². The Balaban J connectivity index is 1.29. The van der Waals surface area contributed by atoms with Crippen molar-refractivity contribution in [3.63, 3.8) is 0 Å². The van der Waals surface area contributed by atoms with Crippen molar-refractivity contribution >= 4 is 21.6 Å². The lowest BCUT2D eigenvalue weighted by atomic mass is 9.97. The number of anilines is 1. The monoisotopic (exact) mass is 455 g/mol. The summed E-state index contributed by atoms with van der Waals surface area (Å²) in [7, 11) is -1.48. The smallest absolute Gasteiger partial charge is 0.243 e. The van der Waals surface area contributed by atoms with Crippen LogP contribution >= 0.6 is 0 Å². The van der Waals surface area contributed by atoms with E-state index in [4.69, 9.17) is 0 Å². The lowest BCUT2D eigenvalue weighted by Gasteiger charge is -2.32. The average molecular weight is 456 g/mol. The number of rotatable bonds is 7. The molecule has 0 spiro atoms. The quantitative estimate of drug-likeness (QED) is 0.696. The highest BCUT2D eigenvalue weighted by Crippen LogP contribution is 2.28. The molecule has 1 aliphatic carbocycles. The Morgan fingerprint density at radius 1 is 1.09 bits per heavy atom. The van der Waals surface area contributed by atoms with E-state index in [2.05, 4.69) is 29.3 Å². The van der Waals surface area contributed by atoms with Crippen LogP contribution in [0, 0.1) is 5.92 Å². The standard InChI is InChI=1S/C25H33N3O3S/c1-19(27(2)23-9-4-3-5-10-23)18-26-25(29)21-13-15-28(16-14-21)32(30,31)24-12-11-20-7-6-8-22(20)17-24/h3-5,9-12,17,19,21H,6-8,13-16,18H2,1-2H3,(H,26,29)/t19-/m0/s1. The predicted octanol–water partition coefficient (Wildman–Crippen LogP) is 3.22. The maximum atomic E-state index is 13.1. The van der Waals surface area contributed by atoms with Crippen molar-refractivity contribution in [2.75, 3.05) is 31.6 Å². The van der Waals surface area contributed by atoms with Crippen LogP contribution in [0.25, 0.3) is 0 Å². The molecule has 1 fully saturated rings. The van der Waals surface area contributed by atoms with Crippen molar-refractivity contribution < 1.29 is 13.2 Å². The Hall–Kier alpha value is -2.38. The van der Waals surface area contributed by atoms with Crippen molar-refractivity contribution in [2.24, 2.45) is 5.92 Å². The Bertz CT molecular complexity index is 1050. The number of sulfonamides is 1. The van der Waals surface area contributed by atoms with Crippen molar-refractivity contribution in [2.45, 2.75) is 50.0 Å². The van der Waals surface area contributed by atoms with E-state index in [9.17, 15) is 13.2 Å². The number of nitrogens with zero attached hydrogens (tertiary/aromatic N) is 2. The van der Waals surface area contributed by atoms with Gasteiger partial charge in [0.15, 0.2) is 0 Å². The zero-order valence-electron chi connectivity index (χ0n) is 19.0. The second-order valence-electron chi connectivity index (χ2n) is 9.00. The molecule has 172 valence electrons. The molecule has 1 atom stereocenters. The number of likely N-dealkylation sites (N-methyl/N-ethyl adjacent to an activating group) is 1. The van der Waals surface area contributed by atoms with Crippen LogP contribution in [0.2, 0.25) is 0 Å². The molecular weight excluding hydrogens is 422 g/mol. The second-order valence-corrected chi connectivity index (χ2v) is 10.9.